The maximum absolute atomic E-state index is 6.18. The Bertz CT molecular complexity index is 1830. The Morgan fingerprint density at radius 3 is 1.97 bits per heavy atom. The van der Waals surface area contributed by atoms with Crippen molar-refractivity contribution >= 4 is 43.6 Å². The van der Waals surface area contributed by atoms with E-state index in [0.717, 1.165) is 32.8 Å². The van der Waals surface area contributed by atoms with Gasteiger partial charge in [-0.15, -0.1) is 0 Å². The van der Waals surface area contributed by atoms with Gasteiger partial charge in [-0.2, -0.15) is 0 Å². The molecule has 5 aromatic carbocycles. The van der Waals surface area contributed by atoms with Crippen LogP contribution in [0.2, 0.25) is 0 Å². The van der Waals surface area contributed by atoms with Crippen LogP contribution in [0, 0.1) is 0 Å². The first-order valence-corrected chi connectivity index (χ1v) is 11.1. The van der Waals surface area contributed by atoms with E-state index in [1.165, 1.54) is 33.0 Å². The number of para-hydroxylation sites is 1. The normalized spacial score (nSPS) is 11.6. The van der Waals surface area contributed by atoms with Crippen molar-refractivity contribution in [2.24, 2.45) is 0 Å². The molecule has 0 radical (unpaired) electrons. The number of furan rings is 1. The molecule has 7 rings (SSSR count). The molecule has 0 amide bonds. The molecule has 7 aromatic rings. The van der Waals surface area contributed by atoms with Crippen molar-refractivity contribution in [3.8, 4) is 22.3 Å². The monoisotopic (exact) mass is 421 g/mol. The molecule has 0 aliphatic heterocycles. The van der Waals surface area contributed by atoms with Crippen LogP contribution in [0.1, 0.15) is 0 Å². The molecule has 0 saturated carbocycles. The highest BCUT2D eigenvalue weighted by Crippen LogP contribution is 2.42. The zero-order valence-corrected chi connectivity index (χ0v) is 17.8. The second kappa shape index (κ2) is 7.04. The van der Waals surface area contributed by atoms with E-state index in [-0.39, 0.29) is 0 Å². The summed E-state index contributed by atoms with van der Waals surface area (Å²) in [7, 11) is 0. The van der Waals surface area contributed by atoms with E-state index in [4.69, 9.17) is 9.40 Å². The molecule has 0 atom stereocenters. The van der Waals surface area contributed by atoms with Crippen LogP contribution in [0.4, 0.5) is 0 Å². The average molecular weight is 421 g/mol. The van der Waals surface area contributed by atoms with Crippen molar-refractivity contribution in [1.29, 1.82) is 0 Å². The molecule has 2 heteroatoms. The van der Waals surface area contributed by atoms with Crippen LogP contribution in [-0.4, -0.2) is 4.98 Å². The molecular weight excluding hydrogens is 402 g/mol. The smallest absolute Gasteiger partial charge is 0.136 e. The van der Waals surface area contributed by atoms with Gasteiger partial charge in [0.25, 0.3) is 0 Å². The summed E-state index contributed by atoms with van der Waals surface area (Å²) in [6, 6.07) is 38.2. The number of benzene rings is 5. The molecule has 0 aliphatic rings. The fourth-order valence-corrected chi connectivity index (χ4v) is 5.09. The largest absolute Gasteiger partial charge is 0.456 e. The van der Waals surface area contributed by atoms with Gasteiger partial charge in [-0.1, -0.05) is 91.0 Å². The molecule has 2 nitrogen and oxygen atoms in total. The second-order valence-electron chi connectivity index (χ2n) is 8.37. The minimum absolute atomic E-state index is 0.911. The first-order chi connectivity index (χ1) is 16.4. The summed E-state index contributed by atoms with van der Waals surface area (Å²) in [6.45, 7) is 0. The SMILES string of the molecule is c1ccc(-c2cccc3ccc4cccnc4c23)c(-c2cccc3oc4ccccc4c23)c1. The molecule has 0 saturated heterocycles. The predicted octanol–water partition coefficient (Wildman–Crippen LogP) is 8.62. The molecule has 0 N–H and O–H groups in total. The number of aromatic nitrogens is 1. The van der Waals surface area contributed by atoms with Crippen LogP contribution in [-0.2, 0) is 0 Å². The summed E-state index contributed by atoms with van der Waals surface area (Å²) < 4.78 is 6.18. The lowest BCUT2D eigenvalue weighted by Gasteiger charge is -2.14. The minimum atomic E-state index is 0.911. The Hall–Kier alpha value is -4.43. The predicted molar refractivity (Wildman–Crippen MR) is 137 cm³/mol. The zero-order chi connectivity index (χ0) is 21.8. The number of pyridine rings is 1. The topological polar surface area (TPSA) is 26.0 Å². The quantitative estimate of drug-likeness (QED) is 0.261. The van der Waals surface area contributed by atoms with E-state index in [1.54, 1.807) is 0 Å². The lowest BCUT2D eigenvalue weighted by molar-refractivity contribution is 0.669. The third kappa shape index (κ3) is 2.71. The maximum Gasteiger partial charge on any atom is 0.136 e. The number of nitrogens with zero attached hydrogens (tertiary/aromatic N) is 1. The maximum atomic E-state index is 6.18. The van der Waals surface area contributed by atoms with Crippen LogP contribution in [0.3, 0.4) is 0 Å². The standard InChI is InChI=1S/C31H19NO/c1-2-11-23(25-14-6-16-28-30(25)26-12-3-4-15-27(26)33-28)22(10-1)24-13-5-8-20-17-18-21-9-7-19-32-31(21)29(20)24/h1-19H. The Balaban J connectivity index is 1.59. The molecule has 0 fully saturated rings. The van der Waals surface area contributed by atoms with Crippen molar-refractivity contribution < 1.29 is 4.42 Å². The van der Waals surface area contributed by atoms with Crippen LogP contribution >= 0.6 is 0 Å². The molecule has 2 heterocycles. The van der Waals surface area contributed by atoms with Gasteiger partial charge in [-0.3, -0.25) is 4.98 Å². The third-order valence-electron chi connectivity index (χ3n) is 6.52. The van der Waals surface area contributed by atoms with Crippen LogP contribution < -0.4 is 0 Å². The molecule has 0 aliphatic carbocycles. The number of fused-ring (bicyclic) bond motifs is 6. The fraction of sp³-hybridized carbons (Fsp3) is 0. The van der Waals surface area contributed by atoms with Crippen LogP contribution in [0.15, 0.2) is 120 Å². The van der Waals surface area contributed by atoms with Gasteiger partial charge in [-0.05, 0) is 45.8 Å². The first-order valence-electron chi connectivity index (χ1n) is 11.1. The number of hydrogen-bond donors (Lipinski definition) is 0. The van der Waals surface area contributed by atoms with E-state index in [0.29, 0.717) is 0 Å². The van der Waals surface area contributed by atoms with E-state index in [1.807, 2.05) is 24.4 Å². The highest BCUT2D eigenvalue weighted by Gasteiger charge is 2.17. The summed E-state index contributed by atoms with van der Waals surface area (Å²) in [5.41, 5.74) is 7.61. The molecule has 0 bridgehead atoms. The minimum Gasteiger partial charge on any atom is -0.456 e. The molecule has 154 valence electrons. The second-order valence-corrected chi connectivity index (χ2v) is 8.37. The lowest BCUT2D eigenvalue weighted by atomic mass is 9.89. The number of hydrogen-bond acceptors (Lipinski definition) is 2. The van der Waals surface area contributed by atoms with Crippen LogP contribution in [0.25, 0.3) is 65.9 Å². The third-order valence-corrected chi connectivity index (χ3v) is 6.52. The zero-order valence-electron chi connectivity index (χ0n) is 17.8. The van der Waals surface area contributed by atoms with Gasteiger partial charge in [0.1, 0.15) is 11.2 Å². The van der Waals surface area contributed by atoms with Gasteiger partial charge in [0.15, 0.2) is 0 Å². The summed E-state index contributed by atoms with van der Waals surface area (Å²) in [4.78, 5) is 4.77. The fourth-order valence-electron chi connectivity index (χ4n) is 5.09. The highest BCUT2D eigenvalue weighted by molar-refractivity contribution is 6.17. The van der Waals surface area contributed by atoms with Crippen molar-refractivity contribution in [3.63, 3.8) is 0 Å². The summed E-state index contributed by atoms with van der Waals surface area (Å²) in [6.07, 6.45) is 1.88. The Morgan fingerprint density at radius 2 is 1.09 bits per heavy atom. The number of rotatable bonds is 2. The van der Waals surface area contributed by atoms with Crippen molar-refractivity contribution in [3.05, 3.63) is 115 Å². The Labute approximate surface area is 190 Å². The van der Waals surface area contributed by atoms with Gasteiger partial charge in [0.05, 0.1) is 5.52 Å². The van der Waals surface area contributed by atoms with E-state index >= 15 is 0 Å². The van der Waals surface area contributed by atoms with Gasteiger partial charge in [0, 0.05) is 27.7 Å². The van der Waals surface area contributed by atoms with Crippen molar-refractivity contribution in [1.82, 2.24) is 4.98 Å². The summed E-state index contributed by atoms with van der Waals surface area (Å²) in [5, 5.41) is 5.83. The van der Waals surface area contributed by atoms with E-state index < -0.39 is 0 Å². The molecule has 33 heavy (non-hydrogen) atoms. The molecule has 0 unspecified atom stereocenters. The molecular formula is C31H19NO. The molecule has 2 aromatic heterocycles. The van der Waals surface area contributed by atoms with Gasteiger partial charge < -0.3 is 4.42 Å². The van der Waals surface area contributed by atoms with E-state index in [9.17, 15) is 0 Å². The van der Waals surface area contributed by atoms with Crippen molar-refractivity contribution in [2.75, 3.05) is 0 Å². The highest BCUT2D eigenvalue weighted by atomic mass is 16.3. The van der Waals surface area contributed by atoms with Gasteiger partial charge >= 0.3 is 0 Å². The van der Waals surface area contributed by atoms with Gasteiger partial charge in [-0.25, -0.2) is 0 Å². The Morgan fingerprint density at radius 1 is 0.455 bits per heavy atom. The lowest BCUT2D eigenvalue weighted by Crippen LogP contribution is -1.89. The van der Waals surface area contributed by atoms with Crippen LogP contribution in [0.5, 0.6) is 0 Å². The summed E-state index contributed by atoms with van der Waals surface area (Å²) in [5.74, 6) is 0. The van der Waals surface area contributed by atoms with E-state index in [2.05, 4.69) is 91.0 Å². The Kier molecular flexibility index (Phi) is 3.88. The van der Waals surface area contributed by atoms with Gasteiger partial charge in [0.2, 0.25) is 0 Å². The average Bonchev–Trinajstić information content (AvgIpc) is 3.27. The first kappa shape index (κ1) is 18.2. The van der Waals surface area contributed by atoms with Crippen molar-refractivity contribution in [2.45, 2.75) is 0 Å². The molecule has 0 spiro atoms. The summed E-state index contributed by atoms with van der Waals surface area (Å²) >= 11 is 0.